The third-order valence-electron chi connectivity index (χ3n) is 5.39. The topological polar surface area (TPSA) is 27.7 Å². The van der Waals surface area contributed by atoms with Gasteiger partial charge in [-0.15, -0.1) is 0 Å². The van der Waals surface area contributed by atoms with E-state index in [-0.39, 0.29) is 0 Å². The molecule has 0 saturated carbocycles. The molecule has 3 nitrogen and oxygen atoms in total. The normalized spacial score (nSPS) is 12.6. The van der Waals surface area contributed by atoms with Gasteiger partial charge in [-0.05, 0) is 39.0 Å². The lowest BCUT2D eigenvalue weighted by Crippen LogP contribution is -2.48. The van der Waals surface area contributed by atoms with Gasteiger partial charge in [0.15, 0.2) is 0 Å². The highest BCUT2D eigenvalue weighted by Crippen LogP contribution is 2.18. The van der Waals surface area contributed by atoms with E-state index >= 15 is 0 Å². The lowest BCUT2D eigenvalue weighted by Gasteiger charge is -2.32. The van der Waals surface area contributed by atoms with E-state index in [9.17, 15) is 0 Å². The number of unbranched alkanes of at least 4 members (excludes halogenated alkanes) is 14. The second kappa shape index (κ2) is 19.0. The summed E-state index contributed by atoms with van der Waals surface area (Å²) in [4.78, 5) is 0. The van der Waals surface area contributed by atoms with Gasteiger partial charge in [-0.3, -0.25) is 0 Å². The van der Waals surface area contributed by atoms with Crippen molar-refractivity contribution in [3.05, 3.63) is 0 Å². The lowest BCUT2D eigenvalue weighted by molar-refractivity contribution is 0.190. The first-order chi connectivity index (χ1) is 13.8. The molecule has 0 aliphatic carbocycles. The van der Waals surface area contributed by atoms with Crippen LogP contribution in [-0.2, 0) is 13.0 Å². The summed E-state index contributed by atoms with van der Waals surface area (Å²) in [7, 11) is -4.16. The van der Waals surface area contributed by atoms with Crippen molar-refractivity contribution in [1.29, 1.82) is 0 Å². The van der Waals surface area contributed by atoms with E-state index in [0.29, 0.717) is 0 Å². The molecule has 0 aromatic heterocycles. The van der Waals surface area contributed by atoms with Gasteiger partial charge in [-0.2, -0.15) is 0 Å². The quantitative estimate of drug-likeness (QED) is 0.123. The first-order valence-electron chi connectivity index (χ1n) is 12.8. The zero-order chi connectivity index (χ0) is 21.8. The van der Waals surface area contributed by atoms with E-state index in [1.54, 1.807) is 0 Å². The van der Waals surface area contributed by atoms with Crippen LogP contribution in [-0.4, -0.2) is 30.3 Å². The molecule has 0 atom stereocenters. The van der Waals surface area contributed by atoms with Gasteiger partial charge >= 0.3 is 17.1 Å². The van der Waals surface area contributed by atoms with Crippen LogP contribution in [0, 0.1) is 0 Å². The highest BCUT2D eigenvalue weighted by Gasteiger charge is 2.36. The molecular formula is C24H54O3Si2. The molecular weight excluding hydrogens is 392 g/mol. The van der Waals surface area contributed by atoms with E-state index in [2.05, 4.69) is 40.0 Å². The molecule has 0 bridgehead atoms. The van der Waals surface area contributed by atoms with Gasteiger partial charge in [0.1, 0.15) is 0 Å². The van der Waals surface area contributed by atoms with Crippen LogP contribution in [0.25, 0.3) is 0 Å². The number of rotatable bonds is 22. The molecule has 0 N–H and O–H groups in total. The van der Waals surface area contributed by atoms with Crippen molar-refractivity contribution in [2.24, 2.45) is 0 Å². The first kappa shape index (κ1) is 29.3. The van der Waals surface area contributed by atoms with Crippen LogP contribution < -0.4 is 0 Å². The molecule has 0 unspecified atom stereocenters. The third-order valence-corrected chi connectivity index (χ3v) is 11.1. The van der Waals surface area contributed by atoms with E-state index < -0.39 is 17.1 Å². The average Bonchev–Trinajstić information content (AvgIpc) is 2.64. The Balaban J connectivity index is 3.69. The molecule has 176 valence electrons. The zero-order valence-electron chi connectivity index (χ0n) is 21.0. The van der Waals surface area contributed by atoms with E-state index in [0.717, 1.165) is 26.1 Å². The molecule has 0 saturated heterocycles. The fourth-order valence-corrected chi connectivity index (χ4v) is 10.2. The van der Waals surface area contributed by atoms with Gasteiger partial charge in [0.2, 0.25) is 0 Å². The van der Waals surface area contributed by atoms with Crippen molar-refractivity contribution < 1.29 is 13.0 Å². The van der Waals surface area contributed by atoms with Gasteiger partial charge in [0.25, 0.3) is 0 Å². The molecule has 0 amide bonds. The Morgan fingerprint density at radius 3 is 1.00 bits per heavy atom. The molecule has 0 aliphatic heterocycles. The highest BCUT2D eigenvalue weighted by atomic mass is 28.5. The molecule has 0 rings (SSSR count). The average molecular weight is 447 g/mol. The van der Waals surface area contributed by atoms with Crippen molar-refractivity contribution >= 4 is 17.1 Å². The van der Waals surface area contributed by atoms with Crippen molar-refractivity contribution in [2.75, 3.05) is 13.2 Å². The van der Waals surface area contributed by atoms with E-state index in [1.807, 2.05) is 0 Å². The highest BCUT2D eigenvalue weighted by molar-refractivity contribution is 6.78. The Kier molecular flexibility index (Phi) is 19.2. The predicted octanol–water partition coefficient (Wildman–Crippen LogP) is 8.72. The summed E-state index contributed by atoms with van der Waals surface area (Å²) in [5, 5.41) is 0. The summed E-state index contributed by atoms with van der Waals surface area (Å²) in [6, 6.07) is 0. The van der Waals surface area contributed by atoms with Crippen LogP contribution in [0.3, 0.4) is 0 Å². The Bertz CT molecular complexity index is 317. The molecule has 0 radical (unpaired) electrons. The van der Waals surface area contributed by atoms with Gasteiger partial charge in [-0.1, -0.05) is 104 Å². The Morgan fingerprint density at radius 1 is 0.414 bits per heavy atom. The van der Waals surface area contributed by atoms with Crippen LogP contribution in [0.15, 0.2) is 0 Å². The van der Waals surface area contributed by atoms with Gasteiger partial charge < -0.3 is 13.0 Å². The zero-order valence-corrected chi connectivity index (χ0v) is 23.0. The van der Waals surface area contributed by atoms with Gasteiger partial charge in [0, 0.05) is 13.2 Å². The van der Waals surface area contributed by atoms with Crippen LogP contribution in [0.2, 0.25) is 26.2 Å². The number of hydrogen-bond acceptors (Lipinski definition) is 3. The molecule has 0 aromatic rings. The summed E-state index contributed by atoms with van der Waals surface area (Å²) in [6.45, 7) is 14.9. The van der Waals surface area contributed by atoms with E-state index in [1.165, 1.54) is 89.9 Å². The van der Waals surface area contributed by atoms with Crippen LogP contribution >= 0.6 is 0 Å². The summed E-state index contributed by atoms with van der Waals surface area (Å²) in [5.74, 6) is 0. The Labute approximate surface area is 186 Å². The minimum Gasteiger partial charge on any atom is -0.415 e. The molecule has 0 fully saturated rings. The summed E-state index contributed by atoms with van der Waals surface area (Å²) < 4.78 is 18.7. The van der Waals surface area contributed by atoms with Crippen molar-refractivity contribution in [3.63, 3.8) is 0 Å². The minimum absolute atomic E-state index is 0.844. The second-order valence-corrected chi connectivity index (χ2v) is 16.5. The molecule has 0 aliphatic rings. The molecule has 0 spiro atoms. The van der Waals surface area contributed by atoms with Crippen LogP contribution in [0.5, 0.6) is 0 Å². The standard InChI is InChI=1S/C24H54O3Si2/c1-7-9-11-13-15-17-19-21-23-25-28(3,4)27-29(5,6)26-24-22-20-18-16-14-12-10-8-2/h7-24H2,1-6H3. The maximum absolute atomic E-state index is 6.40. The van der Waals surface area contributed by atoms with Crippen molar-refractivity contribution in [3.8, 4) is 0 Å². The minimum atomic E-state index is -2.08. The smallest absolute Gasteiger partial charge is 0.322 e. The van der Waals surface area contributed by atoms with Crippen LogP contribution in [0.1, 0.15) is 117 Å². The third kappa shape index (κ3) is 21.3. The van der Waals surface area contributed by atoms with Crippen molar-refractivity contribution in [1.82, 2.24) is 0 Å². The maximum Gasteiger partial charge on any atom is 0.322 e. The van der Waals surface area contributed by atoms with Gasteiger partial charge in [0.05, 0.1) is 0 Å². The summed E-state index contributed by atoms with van der Waals surface area (Å²) >= 11 is 0. The molecule has 0 aromatic carbocycles. The van der Waals surface area contributed by atoms with Crippen LogP contribution in [0.4, 0.5) is 0 Å². The number of hydrogen-bond donors (Lipinski definition) is 0. The van der Waals surface area contributed by atoms with Crippen molar-refractivity contribution in [2.45, 2.75) is 143 Å². The van der Waals surface area contributed by atoms with Gasteiger partial charge in [-0.25, -0.2) is 0 Å². The lowest BCUT2D eigenvalue weighted by atomic mass is 10.1. The summed E-state index contributed by atoms with van der Waals surface area (Å²) in [5.41, 5.74) is 0. The SMILES string of the molecule is CCCCCCCCCCO[Si](C)(C)O[Si](C)(C)OCCCCCCCCCC. The largest absolute Gasteiger partial charge is 0.415 e. The first-order valence-corrected chi connectivity index (χ1v) is 18.4. The molecule has 29 heavy (non-hydrogen) atoms. The second-order valence-electron chi connectivity index (χ2n) is 9.55. The molecule has 0 heterocycles. The molecule has 5 heteroatoms. The monoisotopic (exact) mass is 446 g/mol. The summed E-state index contributed by atoms with van der Waals surface area (Å²) in [6.07, 6.45) is 21.4. The fraction of sp³-hybridized carbons (Fsp3) is 1.00. The predicted molar refractivity (Wildman–Crippen MR) is 133 cm³/mol. The Hall–Kier alpha value is 0.314. The Morgan fingerprint density at radius 2 is 0.690 bits per heavy atom. The van der Waals surface area contributed by atoms with E-state index in [4.69, 9.17) is 13.0 Å². The maximum atomic E-state index is 6.40. The fourth-order valence-electron chi connectivity index (χ4n) is 3.76.